The number of nitrogens with one attached hydrogen (secondary N) is 1. The Bertz CT molecular complexity index is 766. The zero-order valence-corrected chi connectivity index (χ0v) is 9.80. The molecule has 0 spiro atoms. The molecule has 3 aromatic rings. The van der Waals surface area contributed by atoms with Crippen molar-refractivity contribution >= 4 is 11.1 Å². The average Bonchev–Trinajstić information content (AvgIpc) is 2.89. The van der Waals surface area contributed by atoms with E-state index in [0.29, 0.717) is 17.6 Å². The maximum atomic E-state index is 11.1. The van der Waals surface area contributed by atoms with Crippen LogP contribution in [-0.4, -0.2) is 14.8 Å². The van der Waals surface area contributed by atoms with Crippen LogP contribution in [0.1, 0.15) is 5.69 Å². The van der Waals surface area contributed by atoms with Crippen LogP contribution in [0.4, 0.5) is 0 Å². The first-order valence-electron chi connectivity index (χ1n) is 5.53. The average molecular weight is 244 g/mol. The Balaban J connectivity index is 2.15. The van der Waals surface area contributed by atoms with Gasteiger partial charge >= 0.3 is 5.76 Å². The molecule has 2 heterocycles. The molecule has 2 aromatic heterocycles. The number of hydrogen-bond acceptors (Lipinski definition) is 4. The minimum Gasteiger partial charge on any atom is -0.408 e. The molecule has 0 aliphatic carbocycles. The van der Waals surface area contributed by atoms with E-state index >= 15 is 0 Å². The summed E-state index contributed by atoms with van der Waals surface area (Å²) in [6.07, 6.45) is 0. The normalized spacial score (nSPS) is 11.2. The number of aromatic amines is 1. The van der Waals surface area contributed by atoms with Crippen molar-refractivity contribution in [3.63, 3.8) is 0 Å². The zero-order chi connectivity index (χ0) is 12.7. The van der Waals surface area contributed by atoms with Crippen molar-refractivity contribution in [3.05, 3.63) is 40.5 Å². The van der Waals surface area contributed by atoms with Crippen molar-refractivity contribution in [2.45, 2.75) is 6.54 Å². The van der Waals surface area contributed by atoms with Crippen molar-refractivity contribution in [1.82, 2.24) is 14.8 Å². The van der Waals surface area contributed by atoms with Gasteiger partial charge in [-0.15, -0.1) is 0 Å². The first-order valence-corrected chi connectivity index (χ1v) is 5.53. The number of nitrogens with two attached hydrogens (primary N) is 1. The van der Waals surface area contributed by atoms with E-state index in [2.05, 4.69) is 10.1 Å². The summed E-state index contributed by atoms with van der Waals surface area (Å²) in [5.74, 6) is -0.453. The van der Waals surface area contributed by atoms with Crippen molar-refractivity contribution in [3.8, 4) is 11.3 Å². The Morgan fingerprint density at radius 3 is 3.00 bits per heavy atom. The van der Waals surface area contributed by atoms with Crippen LogP contribution in [0.15, 0.2) is 33.5 Å². The molecule has 0 aliphatic heterocycles. The molecule has 0 radical (unpaired) electrons. The maximum absolute atomic E-state index is 11.1. The highest BCUT2D eigenvalue weighted by Crippen LogP contribution is 2.22. The smallest absolute Gasteiger partial charge is 0.408 e. The fourth-order valence-electron chi connectivity index (χ4n) is 1.94. The van der Waals surface area contributed by atoms with Crippen LogP contribution in [0.5, 0.6) is 0 Å². The third kappa shape index (κ3) is 1.63. The second kappa shape index (κ2) is 3.85. The van der Waals surface area contributed by atoms with Gasteiger partial charge in [0.2, 0.25) is 0 Å². The molecular formula is C12H12N4O2. The SMILES string of the molecule is Cn1nc(-c2ccc3[nH]c(=O)oc3c2)cc1CN. The van der Waals surface area contributed by atoms with Gasteiger partial charge < -0.3 is 10.2 Å². The summed E-state index contributed by atoms with van der Waals surface area (Å²) in [6, 6.07) is 7.39. The van der Waals surface area contributed by atoms with Crippen LogP contribution < -0.4 is 11.5 Å². The molecule has 0 saturated heterocycles. The van der Waals surface area contributed by atoms with Gasteiger partial charge in [-0.1, -0.05) is 6.07 Å². The Morgan fingerprint density at radius 2 is 2.28 bits per heavy atom. The van der Waals surface area contributed by atoms with Gasteiger partial charge in [-0.2, -0.15) is 5.10 Å². The highest BCUT2D eigenvalue weighted by Gasteiger charge is 2.08. The highest BCUT2D eigenvalue weighted by atomic mass is 16.4. The number of H-pyrrole nitrogens is 1. The van der Waals surface area contributed by atoms with Gasteiger partial charge in [0.15, 0.2) is 5.58 Å². The van der Waals surface area contributed by atoms with Crippen LogP contribution in [0.25, 0.3) is 22.4 Å². The van der Waals surface area contributed by atoms with Crippen molar-refractivity contribution in [1.29, 1.82) is 0 Å². The molecule has 0 fully saturated rings. The second-order valence-corrected chi connectivity index (χ2v) is 4.07. The Hall–Kier alpha value is -2.34. The molecule has 0 saturated carbocycles. The van der Waals surface area contributed by atoms with Crippen molar-refractivity contribution in [2.75, 3.05) is 0 Å². The predicted molar refractivity (Wildman–Crippen MR) is 66.9 cm³/mol. The van der Waals surface area contributed by atoms with Crippen LogP contribution in [-0.2, 0) is 13.6 Å². The van der Waals surface area contributed by atoms with Gasteiger partial charge in [0.25, 0.3) is 0 Å². The molecular weight excluding hydrogens is 232 g/mol. The molecule has 3 rings (SSSR count). The van der Waals surface area contributed by atoms with Gasteiger partial charge in [0.05, 0.1) is 16.9 Å². The molecule has 0 atom stereocenters. The number of benzene rings is 1. The minimum absolute atomic E-state index is 0.435. The van der Waals surface area contributed by atoms with Gasteiger partial charge in [-0.05, 0) is 18.2 Å². The number of oxazole rings is 1. The standard InChI is InChI=1S/C12H12N4O2/c1-16-8(6-13)5-10(15-16)7-2-3-9-11(4-7)18-12(17)14-9/h2-5H,6,13H2,1H3,(H,14,17). The number of rotatable bonds is 2. The van der Waals surface area contributed by atoms with Gasteiger partial charge in [0.1, 0.15) is 0 Å². The number of hydrogen-bond donors (Lipinski definition) is 2. The molecule has 0 unspecified atom stereocenters. The predicted octanol–water partition coefficient (Wildman–Crippen LogP) is 0.980. The molecule has 92 valence electrons. The largest absolute Gasteiger partial charge is 0.417 e. The number of aromatic nitrogens is 3. The van der Waals surface area contributed by atoms with Crippen LogP contribution >= 0.6 is 0 Å². The number of fused-ring (bicyclic) bond motifs is 1. The van der Waals surface area contributed by atoms with Crippen molar-refractivity contribution < 1.29 is 4.42 Å². The fraction of sp³-hybridized carbons (Fsp3) is 0.167. The lowest BCUT2D eigenvalue weighted by molar-refractivity contribution is 0.555. The minimum atomic E-state index is -0.453. The van der Waals surface area contributed by atoms with Gasteiger partial charge in [-0.25, -0.2) is 4.79 Å². The van der Waals surface area contributed by atoms with Crippen LogP contribution in [0.3, 0.4) is 0 Å². The molecule has 0 aliphatic rings. The summed E-state index contributed by atoms with van der Waals surface area (Å²) >= 11 is 0. The highest BCUT2D eigenvalue weighted by molar-refractivity contribution is 5.78. The molecule has 0 bridgehead atoms. The first kappa shape index (κ1) is 10.8. The van der Waals surface area contributed by atoms with Crippen LogP contribution in [0, 0.1) is 0 Å². The van der Waals surface area contributed by atoms with E-state index in [9.17, 15) is 4.79 Å². The topological polar surface area (TPSA) is 89.8 Å². The Morgan fingerprint density at radius 1 is 1.44 bits per heavy atom. The number of nitrogens with zero attached hydrogens (tertiary/aromatic N) is 2. The molecule has 6 heteroatoms. The summed E-state index contributed by atoms with van der Waals surface area (Å²) in [7, 11) is 1.85. The summed E-state index contributed by atoms with van der Waals surface area (Å²) in [4.78, 5) is 13.7. The van der Waals surface area contributed by atoms with E-state index in [4.69, 9.17) is 10.2 Å². The van der Waals surface area contributed by atoms with E-state index in [-0.39, 0.29) is 0 Å². The Kier molecular flexibility index (Phi) is 2.31. The second-order valence-electron chi connectivity index (χ2n) is 4.07. The first-order chi connectivity index (χ1) is 8.67. The monoisotopic (exact) mass is 244 g/mol. The van der Waals surface area contributed by atoms with Crippen LogP contribution in [0.2, 0.25) is 0 Å². The van der Waals surface area contributed by atoms with Crippen molar-refractivity contribution in [2.24, 2.45) is 12.8 Å². The van der Waals surface area contributed by atoms with E-state index in [1.165, 1.54) is 0 Å². The lowest BCUT2D eigenvalue weighted by Gasteiger charge is -1.95. The summed E-state index contributed by atoms with van der Waals surface area (Å²) < 4.78 is 6.77. The third-order valence-electron chi connectivity index (χ3n) is 2.90. The molecule has 18 heavy (non-hydrogen) atoms. The van der Waals surface area contributed by atoms with E-state index in [1.807, 2.05) is 19.2 Å². The van der Waals surface area contributed by atoms with Gasteiger partial charge in [-0.3, -0.25) is 9.67 Å². The molecule has 3 N–H and O–H groups in total. The van der Waals surface area contributed by atoms with E-state index in [1.54, 1.807) is 16.8 Å². The lowest BCUT2D eigenvalue weighted by Crippen LogP contribution is -2.03. The molecule has 0 amide bonds. The number of aryl methyl sites for hydroxylation is 1. The molecule has 1 aromatic carbocycles. The Labute approximate surface area is 102 Å². The summed E-state index contributed by atoms with van der Waals surface area (Å²) in [5.41, 5.74) is 9.46. The fourth-order valence-corrected chi connectivity index (χ4v) is 1.94. The lowest BCUT2D eigenvalue weighted by atomic mass is 10.1. The molecule has 6 nitrogen and oxygen atoms in total. The van der Waals surface area contributed by atoms with E-state index in [0.717, 1.165) is 17.0 Å². The zero-order valence-electron chi connectivity index (χ0n) is 9.80. The maximum Gasteiger partial charge on any atom is 0.417 e. The summed E-state index contributed by atoms with van der Waals surface area (Å²) in [5, 5.41) is 4.37. The third-order valence-corrected chi connectivity index (χ3v) is 2.90. The van der Waals surface area contributed by atoms with E-state index < -0.39 is 5.76 Å². The summed E-state index contributed by atoms with van der Waals surface area (Å²) in [6.45, 7) is 0.435. The van der Waals surface area contributed by atoms with Gasteiger partial charge in [0, 0.05) is 19.2 Å². The quantitative estimate of drug-likeness (QED) is 0.703.